The van der Waals surface area contributed by atoms with Gasteiger partial charge in [-0.25, -0.2) is 10.1 Å². The Morgan fingerprint density at radius 1 is 1.23 bits per heavy atom. The third kappa shape index (κ3) is 5.06. The fourth-order valence-electron chi connectivity index (χ4n) is 2.27. The molecular weight excluding hydrogens is 398 g/mol. The average Bonchev–Trinajstić information content (AvgIpc) is 3.14. The number of hydrogen-bond donors (Lipinski definition) is 3. The molecule has 0 unspecified atom stereocenters. The van der Waals surface area contributed by atoms with Crippen molar-refractivity contribution in [1.82, 2.24) is 15.2 Å². The van der Waals surface area contributed by atoms with E-state index in [4.69, 9.17) is 4.74 Å². The summed E-state index contributed by atoms with van der Waals surface area (Å²) < 4.78 is 6.62. The van der Waals surface area contributed by atoms with Crippen molar-refractivity contribution in [2.45, 2.75) is 13.5 Å². The fraction of sp³-hybridized carbons (Fsp3) is 0.167. The molecule has 1 amide bonds. The van der Waals surface area contributed by atoms with E-state index in [1.54, 1.807) is 0 Å². The highest BCUT2D eigenvalue weighted by atomic mass is 79.9. The van der Waals surface area contributed by atoms with Gasteiger partial charge in [0.05, 0.1) is 0 Å². The lowest BCUT2D eigenvalue weighted by atomic mass is 10.2. The van der Waals surface area contributed by atoms with Crippen molar-refractivity contribution in [1.29, 1.82) is 0 Å². The van der Waals surface area contributed by atoms with E-state index in [0.717, 1.165) is 21.3 Å². The number of rotatable bonds is 7. The summed E-state index contributed by atoms with van der Waals surface area (Å²) >= 11 is 3.45. The summed E-state index contributed by atoms with van der Waals surface area (Å²) in [5.74, 6) is 0.971. The van der Waals surface area contributed by atoms with Gasteiger partial charge in [0.15, 0.2) is 6.61 Å². The first-order valence-corrected chi connectivity index (χ1v) is 8.76. The summed E-state index contributed by atoms with van der Waals surface area (Å²) in [4.78, 5) is 16.1. The van der Waals surface area contributed by atoms with Crippen molar-refractivity contribution in [3.63, 3.8) is 0 Å². The standard InChI is InChI=1S/C18H18BrN5O2/c1-12-2-5-15(6-3-12)23-17(25)10-26-16-7-4-14(19)8-13(16)9-20-18-21-11-22-24-18/h2-8,11H,9-10H2,1H3,(H,23,25)(H2,20,21,22,24). The third-order valence-corrected chi connectivity index (χ3v) is 4.07. The first kappa shape index (κ1) is 17.9. The van der Waals surface area contributed by atoms with Crippen molar-refractivity contribution >= 4 is 33.5 Å². The number of carbonyl (C=O) groups is 1. The SMILES string of the molecule is Cc1ccc(NC(=O)COc2ccc(Br)cc2CNc2ncn[nH]2)cc1. The topological polar surface area (TPSA) is 91.9 Å². The van der Waals surface area contributed by atoms with E-state index < -0.39 is 0 Å². The Morgan fingerprint density at radius 2 is 2.04 bits per heavy atom. The molecule has 1 heterocycles. The zero-order valence-electron chi connectivity index (χ0n) is 14.1. The number of aromatic nitrogens is 3. The molecule has 0 saturated heterocycles. The molecule has 26 heavy (non-hydrogen) atoms. The summed E-state index contributed by atoms with van der Waals surface area (Å²) in [6, 6.07) is 13.2. The number of nitrogens with zero attached hydrogens (tertiary/aromatic N) is 2. The van der Waals surface area contributed by atoms with Gasteiger partial charge >= 0.3 is 0 Å². The largest absolute Gasteiger partial charge is 0.483 e. The van der Waals surface area contributed by atoms with E-state index in [-0.39, 0.29) is 12.5 Å². The first-order valence-electron chi connectivity index (χ1n) is 7.97. The summed E-state index contributed by atoms with van der Waals surface area (Å²) in [5, 5.41) is 12.4. The number of anilines is 2. The Kier molecular flexibility index (Phi) is 5.85. The molecule has 3 N–H and O–H groups in total. The van der Waals surface area contributed by atoms with E-state index in [2.05, 4.69) is 41.7 Å². The average molecular weight is 416 g/mol. The Hall–Kier alpha value is -2.87. The molecule has 3 rings (SSSR count). The van der Waals surface area contributed by atoms with E-state index in [1.165, 1.54) is 6.33 Å². The van der Waals surface area contributed by atoms with E-state index in [9.17, 15) is 4.79 Å². The molecule has 0 aliphatic heterocycles. The Morgan fingerprint density at radius 3 is 2.77 bits per heavy atom. The van der Waals surface area contributed by atoms with Gasteiger partial charge in [-0.05, 0) is 37.3 Å². The minimum atomic E-state index is -0.217. The molecule has 0 radical (unpaired) electrons. The zero-order chi connectivity index (χ0) is 18.4. The molecule has 0 atom stereocenters. The number of halogens is 1. The second kappa shape index (κ2) is 8.48. The van der Waals surface area contributed by atoms with Crippen LogP contribution in [0.1, 0.15) is 11.1 Å². The van der Waals surface area contributed by atoms with E-state index in [0.29, 0.717) is 18.2 Å². The number of aryl methyl sites for hydroxylation is 1. The van der Waals surface area contributed by atoms with Gasteiger partial charge in [-0.15, -0.1) is 0 Å². The van der Waals surface area contributed by atoms with Crippen LogP contribution in [0.2, 0.25) is 0 Å². The monoisotopic (exact) mass is 415 g/mol. The molecule has 1 aromatic heterocycles. The van der Waals surface area contributed by atoms with Gasteiger partial charge < -0.3 is 15.4 Å². The molecule has 0 aliphatic carbocycles. The molecule has 3 aromatic rings. The second-order valence-corrected chi connectivity index (χ2v) is 6.56. The predicted octanol–water partition coefficient (Wildman–Crippen LogP) is 3.51. The highest BCUT2D eigenvalue weighted by molar-refractivity contribution is 9.10. The van der Waals surface area contributed by atoms with Crippen LogP contribution in [-0.2, 0) is 11.3 Å². The number of benzene rings is 2. The zero-order valence-corrected chi connectivity index (χ0v) is 15.7. The van der Waals surface area contributed by atoms with Gasteiger partial charge in [0.25, 0.3) is 5.91 Å². The first-order chi connectivity index (χ1) is 12.6. The van der Waals surface area contributed by atoms with Gasteiger partial charge in [0.1, 0.15) is 12.1 Å². The number of aromatic amines is 1. The molecule has 0 bridgehead atoms. The van der Waals surface area contributed by atoms with Crippen LogP contribution in [0.5, 0.6) is 5.75 Å². The Balaban J connectivity index is 1.59. The van der Waals surface area contributed by atoms with Crippen LogP contribution in [0.15, 0.2) is 53.3 Å². The third-order valence-electron chi connectivity index (χ3n) is 3.58. The maximum Gasteiger partial charge on any atom is 0.262 e. The number of hydrogen-bond acceptors (Lipinski definition) is 5. The fourth-order valence-corrected chi connectivity index (χ4v) is 2.68. The number of nitrogens with one attached hydrogen (secondary N) is 3. The van der Waals surface area contributed by atoms with Crippen LogP contribution in [0.4, 0.5) is 11.6 Å². The molecule has 7 nitrogen and oxygen atoms in total. The van der Waals surface area contributed by atoms with Crippen LogP contribution in [-0.4, -0.2) is 27.7 Å². The molecule has 0 spiro atoms. The molecule has 0 aliphatic rings. The Labute approximate surface area is 159 Å². The highest BCUT2D eigenvalue weighted by Gasteiger charge is 2.09. The van der Waals surface area contributed by atoms with Gasteiger partial charge in [0, 0.05) is 22.3 Å². The number of amides is 1. The van der Waals surface area contributed by atoms with Crippen molar-refractivity contribution in [2.24, 2.45) is 0 Å². The summed E-state index contributed by atoms with van der Waals surface area (Å²) in [5.41, 5.74) is 2.77. The van der Waals surface area contributed by atoms with Crippen molar-refractivity contribution in [2.75, 3.05) is 17.2 Å². The molecule has 0 fully saturated rings. The number of carbonyl (C=O) groups excluding carboxylic acids is 1. The lowest BCUT2D eigenvalue weighted by Gasteiger charge is -2.13. The van der Waals surface area contributed by atoms with Crippen LogP contribution < -0.4 is 15.4 Å². The normalized spacial score (nSPS) is 10.4. The summed E-state index contributed by atoms with van der Waals surface area (Å²) in [6.07, 6.45) is 1.43. The lowest BCUT2D eigenvalue weighted by Crippen LogP contribution is -2.20. The summed E-state index contributed by atoms with van der Waals surface area (Å²) in [7, 11) is 0. The quantitative estimate of drug-likeness (QED) is 0.548. The Bertz CT molecular complexity index is 866. The van der Waals surface area contributed by atoms with E-state index in [1.807, 2.05) is 49.4 Å². The highest BCUT2D eigenvalue weighted by Crippen LogP contribution is 2.24. The minimum absolute atomic E-state index is 0.0786. The maximum absolute atomic E-state index is 12.1. The molecule has 8 heteroatoms. The van der Waals surface area contributed by atoms with Crippen LogP contribution in [0.3, 0.4) is 0 Å². The van der Waals surface area contributed by atoms with Gasteiger partial charge in [0.2, 0.25) is 5.95 Å². The van der Waals surface area contributed by atoms with E-state index >= 15 is 0 Å². The number of H-pyrrole nitrogens is 1. The lowest BCUT2D eigenvalue weighted by molar-refractivity contribution is -0.118. The molecule has 2 aromatic carbocycles. The van der Waals surface area contributed by atoms with Gasteiger partial charge in [-0.3, -0.25) is 4.79 Å². The molecule has 134 valence electrons. The van der Waals surface area contributed by atoms with Gasteiger partial charge in [-0.2, -0.15) is 5.10 Å². The maximum atomic E-state index is 12.1. The molecular formula is C18H18BrN5O2. The minimum Gasteiger partial charge on any atom is -0.483 e. The van der Waals surface area contributed by atoms with Crippen molar-refractivity contribution in [3.8, 4) is 5.75 Å². The van der Waals surface area contributed by atoms with Crippen molar-refractivity contribution in [3.05, 3.63) is 64.4 Å². The summed E-state index contributed by atoms with van der Waals surface area (Å²) in [6.45, 7) is 2.39. The second-order valence-electron chi connectivity index (χ2n) is 5.64. The molecule has 0 saturated carbocycles. The van der Waals surface area contributed by atoms with Crippen LogP contribution in [0, 0.1) is 6.92 Å². The van der Waals surface area contributed by atoms with Crippen LogP contribution in [0.25, 0.3) is 0 Å². The van der Waals surface area contributed by atoms with Crippen molar-refractivity contribution < 1.29 is 9.53 Å². The van der Waals surface area contributed by atoms with Crippen LogP contribution >= 0.6 is 15.9 Å². The smallest absolute Gasteiger partial charge is 0.262 e. The van der Waals surface area contributed by atoms with Gasteiger partial charge in [-0.1, -0.05) is 33.6 Å². The predicted molar refractivity (Wildman–Crippen MR) is 103 cm³/mol. The number of ether oxygens (including phenoxy) is 1.